The second kappa shape index (κ2) is 10.6. The van der Waals surface area contributed by atoms with E-state index in [4.69, 9.17) is 0 Å². The Kier molecular flexibility index (Phi) is 10.2. The van der Waals surface area contributed by atoms with Crippen LogP contribution in [0.2, 0.25) is 0 Å². The van der Waals surface area contributed by atoms with Crippen molar-refractivity contribution in [2.45, 2.75) is 65.2 Å². The fourth-order valence-electron chi connectivity index (χ4n) is 1.66. The summed E-state index contributed by atoms with van der Waals surface area (Å²) in [6.45, 7) is 8.30. The van der Waals surface area contributed by atoms with Gasteiger partial charge < -0.3 is 0 Å². The smallest absolute Gasteiger partial charge is 0.0317 e. The molecule has 0 nitrogen and oxygen atoms in total. The van der Waals surface area contributed by atoms with Gasteiger partial charge in [-0.1, -0.05) is 63.8 Å². The second-order valence-electron chi connectivity index (χ2n) is 3.97. The number of hydrogen-bond donors (Lipinski definition) is 0. The van der Waals surface area contributed by atoms with E-state index in [9.17, 15) is 0 Å². The summed E-state index contributed by atoms with van der Waals surface area (Å²) in [5, 5.41) is 0. The highest BCUT2D eigenvalue weighted by Crippen LogP contribution is 2.16. The lowest BCUT2D eigenvalue weighted by Gasteiger charge is -2.05. The van der Waals surface area contributed by atoms with Gasteiger partial charge in [-0.15, -0.1) is 0 Å². The van der Waals surface area contributed by atoms with Gasteiger partial charge in [0, 0.05) is 0 Å². The maximum atomic E-state index is 3.78. The van der Waals surface area contributed by atoms with Crippen LogP contribution in [0.4, 0.5) is 0 Å². The van der Waals surface area contributed by atoms with E-state index in [1.165, 1.54) is 51.4 Å². The molecule has 0 rings (SSSR count). The third kappa shape index (κ3) is 8.10. The van der Waals surface area contributed by atoms with Crippen molar-refractivity contribution >= 4 is 0 Å². The average molecular weight is 194 g/mol. The van der Waals surface area contributed by atoms with Crippen LogP contribution in [-0.2, 0) is 0 Å². The normalized spacial score (nSPS) is 9.86. The Labute approximate surface area is 90.1 Å². The molecule has 82 valence electrons. The van der Waals surface area contributed by atoms with Crippen LogP contribution in [0.3, 0.4) is 0 Å². The predicted octanol–water partition coefficient (Wildman–Crippen LogP) is 5.26. The van der Waals surface area contributed by atoms with Crippen LogP contribution >= 0.6 is 0 Å². The number of rotatable bonds is 9. The molecule has 0 aromatic heterocycles. The van der Waals surface area contributed by atoms with E-state index in [-0.39, 0.29) is 0 Å². The van der Waals surface area contributed by atoms with E-state index in [1.54, 1.807) is 5.57 Å². The molecule has 0 radical (unpaired) electrons. The number of hydrogen-bond acceptors (Lipinski definition) is 0. The summed E-state index contributed by atoms with van der Waals surface area (Å²) < 4.78 is 0. The summed E-state index contributed by atoms with van der Waals surface area (Å²) in [5.41, 5.74) is 1.60. The first kappa shape index (κ1) is 13.5. The van der Waals surface area contributed by atoms with E-state index in [2.05, 4.69) is 26.5 Å². The molecule has 0 fully saturated rings. The first-order chi connectivity index (χ1) is 6.85. The zero-order valence-corrected chi connectivity index (χ0v) is 10.0. The standard InChI is InChI=1S/C14H26/c1-4-7-9-12-14(11-6-3)13-10-8-5-2/h6,11H,3-5,7-10,12-13H2,1-2H3. The maximum Gasteiger partial charge on any atom is -0.0317 e. The van der Waals surface area contributed by atoms with E-state index in [0.29, 0.717) is 0 Å². The summed E-state index contributed by atoms with van der Waals surface area (Å²) in [5.74, 6) is 0. The van der Waals surface area contributed by atoms with Crippen molar-refractivity contribution in [3.05, 3.63) is 24.3 Å². The Morgan fingerprint density at radius 3 is 1.79 bits per heavy atom. The highest BCUT2D eigenvalue weighted by Gasteiger charge is 1.96. The molecule has 0 bridgehead atoms. The Balaban J connectivity index is 3.67. The van der Waals surface area contributed by atoms with Crippen LogP contribution in [0.5, 0.6) is 0 Å². The largest absolute Gasteiger partial charge is 0.0991 e. The van der Waals surface area contributed by atoms with Gasteiger partial charge in [0.1, 0.15) is 0 Å². The third-order valence-corrected chi connectivity index (χ3v) is 2.56. The van der Waals surface area contributed by atoms with E-state index in [0.717, 1.165) is 0 Å². The maximum absolute atomic E-state index is 3.78. The lowest BCUT2D eigenvalue weighted by Crippen LogP contribution is -1.86. The summed E-state index contributed by atoms with van der Waals surface area (Å²) >= 11 is 0. The molecular formula is C14H26. The highest BCUT2D eigenvalue weighted by atomic mass is 14.0. The molecule has 0 unspecified atom stereocenters. The lowest BCUT2D eigenvalue weighted by molar-refractivity contribution is 0.659. The molecule has 0 N–H and O–H groups in total. The van der Waals surface area contributed by atoms with Gasteiger partial charge in [0.25, 0.3) is 0 Å². The third-order valence-electron chi connectivity index (χ3n) is 2.56. The zero-order chi connectivity index (χ0) is 10.6. The van der Waals surface area contributed by atoms with E-state index >= 15 is 0 Å². The van der Waals surface area contributed by atoms with Crippen molar-refractivity contribution in [1.82, 2.24) is 0 Å². The molecular weight excluding hydrogens is 168 g/mol. The molecule has 0 heterocycles. The molecule has 0 saturated heterocycles. The minimum absolute atomic E-state index is 1.28. The van der Waals surface area contributed by atoms with Crippen LogP contribution in [0, 0.1) is 0 Å². The number of allylic oxidation sites excluding steroid dienone is 3. The first-order valence-corrected chi connectivity index (χ1v) is 6.15. The average Bonchev–Trinajstić information content (AvgIpc) is 2.18. The molecule has 0 aliphatic carbocycles. The summed E-state index contributed by atoms with van der Waals surface area (Å²) in [6.07, 6.45) is 14.8. The van der Waals surface area contributed by atoms with E-state index in [1.807, 2.05) is 6.08 Å². The SMILES string of the molecule is C=CC=C(CCCCC)CCCCC. The van der Waals surface area contributed by atoms with Crippen LogP contribution in [0.1, 0.15) is 65.2 Å². The fraction of sp³-hybridized carbons (Fsp3) is 0.714. The monoisotopic (exact) mass is 194 g/mol. The molecule has 0 saturated carbocycles. The van der Waals surface area contributed by atoms with Gasteiger partial charge in [-0.2, -0.15) is 0 Å². The molecule has 0 aliphatic rings. The molecule has 0 amide bonds. The Morgan fingerprint density at radius 2 is 1.43 bits per heavy atom. The van der Waals surface area contributed by atoms with Crippen molar-refractivity contribution in [1.29, 1.82) is 0 Å². The van der Waals surface area contributed by atoms with Crippen molar-refractivity contribution in [3.8, 4) is 0 Å². The van der Waals surface area contributed by atoms with E-state index < -0.39 is 0 Å². The molecule has 0 atom stereocenters. The molecule has 0 heteroatoms. The molecule has 0 spiro atoms. The fourth-order valence-corrected chi connectivity index (χ4v) is 1.66. The Hall–Kier alpha value is -0.520. The van der Waals surface area contributed by atoms with Gasteiger partial charge >= 0.3 is 0 Å². The van der Waals surface area contributed by atoms with Crippen molar-refractivity contribution in [3.63, 3.8) is 0 Å². The topological polar surface area (TPSA) is 0 Å². The minimum atomic E-state index is 1.28. The van der Waals surface area contributed by atoms with Crippen LogP contribution < -0.4 is 0 Å². The van der Waals surface area contributed by atoms with Gasteiger partial charge in [-0.3, -0.25) is 0 Å². The quantitative estimate of drug-likeness (QED) is 0.347. The van der Waals surface area contributed by atoms with Gasteiger partial charge in [0.2, 0.25) is 0 Å². The molecule has 14 heavy (non-hydrogen) atoms. The Morgan fingerprint density at radius 1 is 0.929 bits per heavy atom. The minimum Gasteiger partial charge on any atom is -0.0991 e. The van der Waals surface area contributed by atoms with Crippen LogP contribution in [-0.4, -0.2) is 0 Å². The van der Waals surface area contributed by atoms with Gasteiger partial charge in [-0.05, 0) is 25.7 Å². The van der Waals surface area contributed by atoms with Crippen LogP contribution in [0.15, 0.2) is 24.3 Å². The van der Waals surface area contributed by atoms with Crippen LogP contribution in [0.25, 0.3) is 0 Å². The molecule has 0 aromatic carbocycles. The molecule has 0 aliphatic heterocycles. The van der Waals surface area contributed by atoms with Crippen molar-refractivity contribution < 1.29 is 0 Å². The van der Waals surface area contributed by atoms with Crippen molar-refractivity contribution in [2.24, 2.45) is 0 Å². The summed E-state index contributed by atoms with van der Waals surface area (Å²) in [7, 11) is 0. The highest BCUT2D eigenvalue weighted by molar-refractivity contribution is 5.10. The van der Waals surface area contributed by atoms with Crippen molar-refractivity contribution in [2.75, 3.05) is 0 Å². The summed E-state index contributed by atoms with van der Waals surface area (Å²) in [6, 6.07) is 0. The number of unbranched alkanes of at least 4 members (excludes halogenated alkanes) is 4. The molecule has 0 aromatic rings. The Bertz CT molecular complexity index is 141. The van der Waals surface area contributed by atoms with Gasteiger partial charge in [0.05, 0.1) is 0 Å². The lowest BCUT2D eigenvalue weighted by atomic mass is 10.0. The predicted molar refractivity (Wildman–Crippen MR) is 66.6 cm³/mol. The zero-order valence-electron chi connectivity index (χ0n) is 10.0. The van der Waals surface area contributed by atoms with Gasteiger partial charge in [-0.25, -0.2) is 0 Å². The first-order valence-electron chi connectivity index (χ1n) is 6.15. The summed E-state index contributed by atoms with van der Waals surface area (Å²) in [4.78, 5) is 0. The second-order valence-corrected chi connectivity index (χ2v) is 3.97. The van der Waals surface area contributed by atoms with Gasteiger partial charge in [0.15, 0.2) is 0 Å².